The van der Waals surface area contributed by atoms with E-state index in [4.69, 9.17) is 0 Å². The number of aliphatic hydroxyl groups excluding tert-OH is 1. The molecule has 0 aromatic carbocycles. The molecule has 0 saturated heterocycles. The zero-order valence-corrected chi connectivity index (χ0v) is 11.4. The molecule has 1 atom stereocenters. The number of aromatic nitrogens is 2. The van der Waals surface area contributed by atoms with Gasteiger partial charge in [-0.15, -0.1) is 0 Å². The van der Waals surface area contributed by atoms with Gasteiger partial charge in [-0.25, -0.2) is 0 Å². The average Bonchev–Trinajstić information content (AvgIpc) is 2.84. The van der Waals surface area contributed by atoms with Crippen LogP contribution < -0.4 is 0 Å². The van der Waals surface area contributed by atoms with E-state index < -0.39 is 0 Å². The van der Waals surface area contributed by atoms with E-state index in [1.54, 1.807) is 6.20 Å². The van der Waals surface area contributed by atoms with Gasteiger partial charge < -0.3 is 5.11 Å². The van der Waals surface area contributed by atoms with Gasteiger partial charge in [-0.1, -0.05) is 12.8 Å². The lowest BCUT2D eigenvalue weighted by Crippen LogP contribution is -2.16. The molecule has 4 heteroatoms. The molecule has 1 aromatic rings. The molecule has 0 radical (unpaired) electrons. The minimum Gasteiger partial charge on any atom is -0.386 e. The van der Waals surface area contributed by atoms with Gasteiger partial charge in [-0.2, -0.15) is 5.10 Å². The van der Waals surface area contributed by atoms with Gasteiger partial charge in [0.15, 0.2) is 0 Å². The Morgan fingerprint density at radius 2 is 2.06 bits per heavy atom. The highest BCUT2D eigenvalue weighted by atomic mass is 79.9. The number of nitrogens with zero attached hydrogens (tertiary/aromatic N) is 2. The number of hydrogen-bond donors (Lipinski definition) is 1. The molecule has 1 saturated carbocycles. The van der Waals surface area contributed by atoms with Gasteiger partial charge in [0.25, 0.3) is 0 Å². The van der Waals surface area contributed by atoms with Crippen molar-refractivity contribution < 1.29 is 5.11 Å². The monoisotopic (exact) mass is 286 g/mol. The fourth-order valence-corrected chi connectivity index (χ4v) is 3.04. The van der Waals surface area contributed by atoms with Crippen molar-refractivity contribution >= 4 is 15.9 Å². The van der Waals surface area contributed by atoms with Crippen molar-refractivity contribution in [3.8, 4) is 0 Å². The second-order valence-electron chi connectivity index (χ2n) is 4.91. The maximum absolute atomic E-state index is 10.4. The third kappa shape index (κ3) is 2.18. The van der Waals surface area contributed by atoms with Crippen LogP contribution >= 0.6 is 15.9 Å². The average molecular weight is 287 g/mol. The maximum atomic E-state index is 10.4. The van der Waals surface area contributed by atoms with Gasteiger partial charge in [0.2, 0.25) is 0 Å². The van der Waals surface area contributed by atoms with Crippen LogP contribution in [0.25, 0.3) is 0 Å². The van der Waals surface area contributed by atoms with Crippen LogP contribution in [0.15, 0.2) is 10.7 Å². The Morgan fingerprint density at radius 3 is 2.62 bits per heavy atom. The van der Waals surface area contributed by atoms with Crippen molar-refractivity contribution in [2.75, 3.05) is 0 Å². The molecule has 1 heterocycles. The number of aliphatic hydroxyl groups is 1. The molecule has 0 spiro atoms. The van der Waals surface area contributed by atoms with E-state index in [-0.39, 0.29) is 12.1 Å². The summed E-state index contributed by atoms with van der Waals surface area (Å²) in [6, 6.07) is 0.289. The molecule has 0 bridgehead atoms. The lowest BCUT2D eigenvalue weighted by molar-refractivity contribution is 0.0999. The summed E-state index contributed by atoms with van der Waals surface area (Å²) in [7, 11) is 0. The van der Waals surface area contributed by atoms with Crippen molar-refractivity contribution in [3.63, 3.8) is 0 Å². The van der Waals surface area contributed by atoms with Crippen molar-refractivity contribution in [2.24, 2.45) is 5.92 Å². The molecular weight excluding hydrogens is 268 g/mol. The van der Waals surface area contributed by atoms with Crippen molar-refractivity contribution in [2.45, 2.75) is 51.7 Å². The molecule has 2 rings (SSSR count). The molecule has 1 aromatic heterocycles. The van der Waals surface area contributed by atoms with Crippen LogP contribution in [0.4, 0.5) is 0 Å². The molecule has 1 aliphatic carbocycles. The Bertz CT molecular complexity index is 356. The summed E-state index contributed by atoms with van der Waals surface area (Å²) < 4.78 is 2.85. The molecule has 16 heavy (non-hydrogen) atoms. The summed E-state index contributed by atoms with van der Waals surface area (Å²) in [4.78, 5) is 0. The van der Waals surface area contributed by atoms with Crippen LogP contribution in [-0.4, -0.2) is 14.9 Å². The summed E-state index contributed by atoms with van der Waals surface area (Å²) in [5, 5.41) is 14.7. The molecule has 0 amide bonds. The minimum absolute atomic E-state index is 0.289. The van der Waals surface area contributed by atoms with Gasteiger partial charge in [-0.05, 0) is 48.5 Å². The SMILES string of the molecule is CC(C)n1ncc(Br)c1C(O)C1CCCC1. The second kappa shape index (κ2) is 4.88. The zero-order chi connectivity index (χ0) is 11.7. The van der Waals surface area contributed by atoms with Crippen molar-refractivity contribution in [3.05, 3.63) is 16.4 Å². The number of hydrogen-bond acceptors (Lipinski definition) is 2. The highest BCUT2D eigenvalue weighted by molar-refractivity contribution is 9.10. The lowest BCUT2D eigenvalue weighted by Gasteiger charge is -2.21. The van der Waals surface area contributed by atoms with Crippen LogP contribution in [0, 0.1) is 5.92 Å². The molecule has 3 nitrogen and oxygen atoms in total. The quantitative estimate of drug-likeness (QED) is 0.924. The minimum atomic E-state index is -0.373. The molecule has 0 aliphatic heterocycles. The molecule has 1 fully saturated rings. The maximum Gasteiger partial charge on any atom is 0.0996 e. The fourth-order valence-electron chi connectivity index (χ4n) is 2.54. The first kappa shape index (κ1) is 12.1. The van der Waals surface area contributed by atoms with E-state index in [1.807, 2.05) is 4.68 Å². The van der Waals surface area contributed by atoms with Crippen LogP contribution in [0.2, 0.25) is 0 Å². The third-order valence-corrected chi connectivity index (χ3v) is 4.01. The molecule has 1 N–H and O–H groups in total. The largest absolute Gasteiger partial charge is 0.386 e. The Hall–Kier alpha value is -0.350. The van der Waals surface area contributed by atoms with Crippen LogP contribution in [0.3, 0.4) is 0 Å². The summed E-state index contributed by atoms with van der Waals surface area (Å²) in [6.07, 6.45) is 6.17. The summed E-state index contributed by atoms with van der Waals surface area (Å²) in [5.41, 5.74) is 0.946. The van der Waals surface area contributed by atoms with E-state index in [2.05, 4.69) is 34.9 Å². The Kier molecular flexibility index (Phi) is 3.70. The first-order valence-corrected chi connectivity index (χ1v) is 6.81. The predicted octanol–water partition coefficient (Wildman–Crippen LogP) is 3.45. The predicted molar refractivity (Wildman–Crippen MR) is 67.2 cm³/mol. The normalized spacial score (nSPS) is 19.6. The summed E-state index contributed by atoms with van der Waals surface area (Å²) in [5.74, 6) is 0.408. The summed E-state index contributed by atoms with van der Waals surface area (Å²) in [6.45, 7) is 4.18. The van der Waals surface area contributed by atoms with Crippen molar-refractivity contribution in [1.82, 2.24) is 9.78 Å². The van der Waals surface area contributed by atoms with Gasteiger partial charge >= 0.3 is 0 Å². The van der Waals surface area contributed by atoms with E-state index in [1.165, 1.54) is 12.8 Å². The standard InChI is InChI=1S/C12H19BrN2O/c1-8(2)15-11(10(13)7-14-15)12(16)9-5-3-4-6-9/h7-9,12,16H,3-6H2,1-2H3. The van der Waals surface area contributed by atoms with Crippen LogP contribution in [-0.2, 0) is 0 Å². The highest BCUT2D eigenvalue weighted by Crippen LogP contribution is 2.38. The number of halogens is 1. The van der Waals surface area contributed by atoms with Crippen molar-refractivity contribution in [1.29, 1.82) is 0 Å². The van der Waals surface area contributed by atoms with E-state index in [0.717, 1.165) is 23.0 Å². The summed E-state index contributed by atoms with van der Waals surface area (Å²) >= 11 is 3.49. The Balaban J connectivity index is 2.27. The topological polar surface area (TPSA) is 38.0 Å². The second-order valence-corrected chi connectivity index (χ2v) is 5.76. The molecule has 1 unspecified atom stereocenters. The first-order valence-electron chi connectivity index (χ1n) is 6.02. The Labute approximate surface area is 105 Å². The third-order valence-electron chi connectivity index (χ3n) is 3.40. The zero-order valence-electron chi connectivity index (χ0n) is 9.86. The van der Waals surface area contributed by atoms with Gasteiger partial charge in [0.05, 0.1) is 22.5 Å². The molecule has 1 aliphatic rings. The number of rotatable bonds is 3. The van der Waals surface area contributed by atoms with Crippen LogP contribution in [0.5, 0.6) is 0 Å². The Morgan fingerprint density at radius 1 is 1.44 bits per heavy atom. The van der Waals surface area contributed by atoms with Gasteiger partial charge in [0.1, 0.15) is 0 Å². The van der Waals surface area contributed by atoms with Gasteiger partial charge in [0, 0.05) is 6.04 Å². The van der Waals surface area contributed by atoms with E-state index in [9.17, 15) is 5.11 Å². The molecular formula is C12H19BrN2O. The van der Waals surface area contributed by atoms with E-state index >= 15 is 0 Å². The molecule has 90 valence electrons. The lowest BCUT2D eigenvalue weighted by atomic mass is 9.98. The van der Waals surface area contributed by atoms with Gasteiger partial charge in [-0.3, -0.25) is 4.68 Å². The smallest absolute Gasteiger partial charge is 0.0996 e. The van der Waals surface area contributed by atoms with Crippen LogP contribution in [0.1, 0.15) is 57.4 Å². The fraction of sp³-hybridized carbons (Fsp3) is 0.750. The highest BCUT2D eigenvalue weighted by Gasteiger charge is 2.29. The van der Waals surface area contributed by atoms with E-state index in [0.29, 0.717) is 5.92 Å². The first-order chi connectivity index (χ1) is 7.61.